The first kappa shape index (κ1) is 18.5. The van der Waals surface area contributed by atoms with E-state index in [-0.39, 0.29) is 31.2 Å². The second kappa shape index (κ2) is 7.09. The molecule has 2 aromatic rings. The number of nitrogens with zero attached hydrogens (tertiary/aromatic N) is 2. The van der Waals surface area contributed by atoms with Crippen molar-refractivity contribution in [2.24, 2.45) is 0 Å². The first-order valence-corrected chi connectivity index (χ1v) is 10.0. The summed E-state index contributed by atoms with van der Waals surface area (Å²) in [5, 5.41) is 0. The van der Waals surface area contributed by atoms with Crippen molar-refractivity contribution in [1.82, 2.24) is 14.8 Å². The molecule has 5 rings (SSSR count). The van der Waals surface area contributed by atoms with Crippen LogP contribution in [0.3, 0.4) is 0 Å². The summed E-state index contributed by atoms with van der Waals surface area (Å²) >= 11 is 0. The third kappa shape index (κ3) is 2.81. The van der Waals surface area contributed by atoms with Crippen LogP contribution < -0.4 is 9.47 Å². The molecule has 7 heteroatoms. The Kier molecular flexibility index (Phi) is 4.38. The molecule has 2 atom stereocenters. The average molecular weight is 405 g/mol. The Morgan fingerprint density at radius 1 is 1.10 bits per heavy atom. The number of H-pyrrole nitrogens is 1. The number of aromatic amines is 1. The molecule has 3 aliphatic rings. The number of fused-ring (bicyclic) bond motifs is 3. The second-order valence-corrected chi connectivity index (χ2v) is 7.77. The summed E-state index contributed by atoms with van der Waals surface area (Å²) in [6.45, 7) is 2.22. The summed E-state index contributed by atoms with van der Waals surface area (Å²) in [5.74, 6) is 1.27. The molecule has 0 saturated carbocycles. The average Bonchev–Trinajstić information content (AvgIpc) is 3.38. The highest BCUT2D eigenvalue weighted by Gasteiger charge is 2.47. The van der Waals surface area contributed by atoms with E-state index in [4.69, 9.17) is 9.47 Å². The minimum Gasteiger partial charge on any atom is -0.454 e. The predicted octanol–water partition coefficient (Wildman–Crippen LogP) is 2.65. The van der Waals surface area contributed by atoms with Crippen molar-refractivity contribution in [3.05, 3.63) is 65.0 Å². The fraction of sp³-hybridized carbons (Fsp3) is 0.304. The lowest BCUT2D eigenvalue weighted by Crippen LogP contribution is -2.62. The van der Waals surface area contributed by atoms with Gasteiger partial charge in [-0.05, 0) is 35.7 Å². The summed E-state index contributed by atoms with van der Waals surface area (Å²) in [4.78, 5) is 32.6. The van der Waals surface area contributed by atoms with Crippen molar-refractivity contribution in [3.63, 3.8) is 0 Å². The van der Waals surface area contributed by atoms with Gasteiger partial charge in [0.25, 0.3) is 0 Å². The summed E-state index contributed by atoms with van der Waals surface area (Å²) in [5.41, 5.74) is 3.90. The molecule has 1 N–H and O–H groups in total. The zero-order valence-corrected chi connectivity index (χ0v) is 16.9. The molecular weight excluding hydrogens is 382 g/mol. The zero-order valence-electron chi connectivity index (χ0n) is 16.9. The highest BCUT2D eigenvalue weighted by atomic mass is 16.7. The number of carbonyl (C=O) groups is 2. The van der Waals surface area contributed by atoms with Crippen LogP contribution in [0, 0.1) is 0 Å². The Labute approximate surface area is 174 Å². The first-order valence-electron chi connectivity index (χ1n) is 10.0. The first-order chi connectivity index (χ1) is 14.6. The van der Waals surface area contributed by atoms with E-state index in [0.29, 0.717) is 17.9 Å². The van der Waals surface area contributed by atoms with E-state index in [9.17, 15) is 9.59 Å². The minimum absolute atomic E-state index is 0.0375. The summed E-state index contributed by atoms with van der Waals surface area (Å²) in [6.07, 6.45) is 12.2. The quantitative estimate of drug-likeness (QED) is 0.797. The minimum atomic E-state index is -0.531. The zero-order chi connectivity index (χ0) is 20.8. The summed E-state index contributed by atoms with van der Waals surface area (Å²) in [6, 6.07) is 3.00. The molecule has 0 bridgehead atoms. The molecule has 0 spiro atoms. The maximum Gasteiger partial charge on any atom is 0.245 e. The lowest BCUT2D eigenvalue weighted by atomic mass is 9.82. The number of aromatic nitrogens is 1. The number of hydrogen-bond donors (Lipinski definition) is 1. The summed E-state index contributed by atoms with van der Waals surface area (Å²) < 4.78 is 11.2. The fourth-order valence-electron chi connectivity index (χ4n) is 4.57. The van der Waals surface area contributed by atoms with Crippen LogP contribution in [0.2, 0.25) is 0 Å². The fourth-order valence-corrected chi connectivity index (χ4v) is 4.57. The molecule has 154 valence electrons. The Balaban J connectivity index is 1.69. The van der Waals surface area contributed by atoms with Gasteiger partial charge >= 0.3 is 0 Å². The van der Waals surface area contributed by atoms with E-state index >= 15 is 0 Å². The number of piperazine rings is 1. The van der Waals surface area contributed by atoms with Gasteiger partial charge in [-0.3, -0.25) is 9.59 Å². The van der Waals surface area contributed by atoms with Gasteiger partial charge in [-0.1, -0.05) is 24.3 Å². The van der Waals surface area contributed by atoms with Gasteiger partial charge in [0, 0.05) is 31.4 Å². The van der Waals surface area contributed by atoms with Crippen molar-refractivity contribution in [1.29, 1.82) is 0 Å². The van der Waals surface area contributed by atoms with Gasteiger partial charge in [0.05, 0.1) is 12.6 Å². The van der Waals surface area contributed by atoms with Gasteiger partial charge in [-0.2, -0.15) is 0 Å². The molecule has 1 saturated heterocycles. The number of amides is 2. The number of hydrogen-bond acceptors (Lipinski definition) is 4. The van der Waals surface area contributed by atoms with Gasteiger partial charge < -0.3 is 24.3 Å². The van der Waals surface area contributed by atoms with Gasteiger partial charge in [0.1, 0.15) is 6.04 Å². The van der Waals surface area contributed by atoms with E-state index in [0.717, 1.165) is 22.3 Å². The van der Waals surface area contributed by atoms with Crippen LogP contribution in [0.25, 0.3) is 6.08 Å². The molecular formula is C23H23N3O4. The number of ether oxygens (including phenoxy) is 2. The Hall–Kier alpha value is -3.48. The molecule has 30 heavy (non-hydrogen) atoms. The van der Waals surface area contributed by atoms with Crippen LogP contribution >= 0.6 is 0 Å². The van der Waals surface area contributed by atoms with E-state index in [1.165, 1.54) is 4.90 Å². The standard InChI is InChI=1S/C23H23N3O4/c1-3-4-5-6-14-10-24-11-17(14)22-16-9-20-19(29-13-30-20)8-15(16)7-18-23(28)25(2)12-21(27)26(18)22/h3-6,8-11,18,22,24H,7,12-13H2,1-2H3/b4-3-,6-5-/t18?,22-/m0/s1. The highest BCUT2D eigenvalue weighted by Crippen LogP contribution is 2.46. The van der Waals surface area contributed by atoms with Crippen LogP contribution in [0.5, 0.6) is 11.5 Å². The van der Waals surface area contributed by atoms with E-state index in [1.54, 1.807) is 11.9 Å². The van der Waals surface area contributed by atoms with Gasteiger partial charge in [-0.15, -0.1) is 0 Å². The van der Waals surface area contributed by atoms with Crippen LogP contribution in [0.1, 0.15) is 35.2 Å². The number of nitrogens with one attached hydrogen (secondary N) is 1. The highest BCUT2D eigenvalue weighted by molar-refractivity contribution is 5.96. The number of carbonyl (C=O) groups excluding carboxylic acids is 2. The SMILES string of the molecule is C/C=C\C=C/c1c[nH]cc1[C@@H]1c2cc3c(cc2CC2C(=O)N(C)CC(=O)N21)OCO3. The van der Waals surface area contributed by atoms with E-state index in [1.807, 2.05) is 55.8 Å². The molecule has 2 amide bonds. The topological polar surface area (TPSA) is 74.9 Å². The van der Waals surface area contributed by atoms with Gasteiger partial charge in [0.15, 0.2) is 11.5 Å². The molecule has 1 fully saturated rings. The van der Waals surface area contributed by atoms with E-state index in [2.05, 4.69) is 4.98 Å². The number of benzene rings is 1. The predicted molar refractivity (Wildman–Crippen MR) is 111 cm³/mol. The maximum absolute atomic E-state index is 13.1. The normalized spacial score (nSPS) is 22.9. The monoisotopic (exact) mass is 405 g/mol. The Morgan fingerprint density at radius 3 is 2.70 bits per heavy atom. The summed E-state index contributed by atoms with van der Waals surface area (Å²) in [7, 11) is 1.68. The van der Waals surface area contributed by atoms with Crippen LogP contribution in [0.4, 0.5) is 0 Å². The molecule has 1 aromatic heterocycles. The van der Waals surface area contributed by atoms with Crippen molar-refractivity contribution >= 4 is 17.9 Å². The molecule has 1 unspecified atom stereocenters. The molecule has 0 aliphatic carbocycles. The van der Waals surface area contributed by atoms with Crippen LogP contribution in [-0.2, 0) is 16.0 Å². The van der Waals surface area contributed by atoms with Crippen molar-refractivity contribution in [2.75, 3.05) is 20.4 Å². The lowest BCUT2D eigenvalue weighted by molar-refractivity contribution is -0.157. The Bertz CT molecular complexity index is 1080. The van der Waals surface area contributed by atoms with Crippen molar-refractivity contribution < 1.29 is 19.1 Å². The molecule has 1 aromatic carbocycles. The van der Waals surface area contributed by atoms with E-state index < -0.39 is 6.04 Å². The Morgan fingerprint density at radius 2 is 1.90 bits per heavy atom. The lowest BCUT2D eigenvalue weighted by Gasteiger charge is -2.47. The van der Waals surface area contributed by atoms with Crippen LogP contribution in [0.15, 0.2) is 42.8 Å². The number of likely N-dealkylation sites (N-methyl/N-ethyl adjacent to an activating group) is 1. The van der Waals surface area contributed by atoms with Crippen LogP contribution in [-0.4, -0.2) is 53.0 Å². The van der Waals surface area contributed by atoms with Crippen molar-refractivity contribution in [3.8, 4) is 11.5 Å². The van der Waals surface area contributed by atoms with Gasteiger partial charge in [0.2, 0.25) is 18.6 Å². The number of rotatable bonds is 3. The smallest absolute Gasteiger partial charge is 0.245 e. The second-order valence-electron chi connectivity index (χ2n) is 7.77. The number of allylic oxidation sites excluding steroid dienone is 3. The third-order valence-electron chi connectivity index (χ3n) is 5.96. The largest absolute Gasteiger partial charge is 0.454 e. The third-order valence-corrected chi connectivity index (χ3v) is 5.96. The molecule has 7 nitrogen and oxygen atoms in total. The van der Waals surface area contributed by atoms with Gasteiger partial charge in [-0.25, -0.2) is 0 Å². The molecule has 4 heterocycles. The van der Waals surface area contributed by atoms with Crippen molar-refractivity contribution in [2.45, 2.75) is 25.4 Å². The maximum atomic E-state index is 13.1. The molecule has 3 aliphatic heterocycles. The molecule has 0 radical (unpaired) electrons.